The molecule has 1 aliphatic heterocycles. The zero-order valence-corrected chi connectivity index (χ0v) is 12.5. The Morgan fingerprint density at radius 2 is 1.72 bits per heavy atom. The molecule has 1 unspecified atom stereocenters. The van der Waals surface area contributed by atoms with Gasteiger partial charge in [0.05, 0.1) is 0 Å². The first-order chi connectivity index (χ1) is 8.79. The maximum Gasteiger partial charge on any atom is 0.0220 e. The monoisotopic (exact) mass is 252 g/mol. The van der Waals surface area contributed by atoms with Gasteiger partial charge in [-0.05, 0) is 57.2 Å². The van der Waals surface area contributed by atoms with Crippen LogP contribution in [0, 0.1) is 5.41 Å². The second-order valence-electron chi connectivity index (χ2n) is 6.49. The molecule has 1 N–H and O–H groups in total. The van der Waals surface area contributed by atoms with Crippen LogP contribution in [-0.2, 0) is 0 Å². The summed E-state index contributed by atoms with van der Waals surface area (Å²) in [6.07, 6.45) is 11.7. The van der Waals surface area contributed by atoms with Gasteiger partial charge in [-0.2, -0.15) is 0 Å². The largest absolute Gasteiger partial charge is 0.315 e. The van der Waals surface area contributed by atoms with E-state index in [0.29, 0.717) is 0 Å². The molecule has 2 nitrogen and oxygen atoms in total. The summed E-state index contributed by atoms with van der Waals surface area (Å²) in [5.41, 5.74) is 0.769. The number of piperidine rings is 1. The lowest BCUT2D eigenvalue weighted by Gasteiger charge is -2.43. The fraction of sp³-hybridized carbons (Fsp3) is 1.00. The summed E-state index contributed by atoms with van der Waals surface area (Å²) in [6.45, 7) is 9.55. The molecule has 0 aromatic carbocycles. The average molecular weight is 252 g/mol. The lowest BCUT2D eigenvalue weighted by Crippen LogP contribution is -2.48. The van der Waals surface area contributed by atoms with Gasteiger partial charge in [-0.15, -0.1) is 0 Å². The molecule has 2 heteroatoms. The molecule has 1 saturated carbocycles. The van der Waals surface area contributed by atoms with Crippen LogP contribution in [0.2, 0.25) is 0 Å². The molecule has 1 atom stereocenters. The zero-order valence-electron chi connectivity index (χ0n) is 12.5. The third kappa shape index (κ3) is 3.48. The highest BCUT2D eigenvalue weighted by molar-refractivity contribution is 4.91. The van der Waals surface area contributed by atoms with E-state index < -0.39 is 0 Å². The van der Waals surface area contributed by atoms with Crippen LogP contribution in [0.25, 0.3) is 0 Å². The number of hydrogen-bond donors (Lipinski definition) is 1. The van der Waals surface area contributed by atoms with Crippen molar-refractivity contribution in [2.24, 2.45) is 5.41 Å². The molecule has 1 heterocycles. The van der Waals surface area contributed by atoms with E-state index >= 15 is 0 Å². The smallest absolute Gasteiger partial charge is 0.0220 e. The van der Waals surface area contributed by atoms with E-state index in [4.69, 9.17) is 0 Å². The number of nitrogens with zero attached hydrogens (tertiary/aromatic N) is 1. The van der Waals surface area contributed by atoms with Crippen molar-refractivity contribution < 1.29 is 0 Å². The van der Waals surface area contributed by atoms with Gasteiger partial charge in [-0.3, -0.25) is 4.90 Å². The van der Waals surface area contributed by atoms with Crippen molar-refractivity contribution in [3.63, 3.8) is 0 Å². The highest BCUT2D eigenvalue weighted by atomic mass is 15.2. The summed E-state index contributed by atoms with van der Waals surface area (Å²) in [5, 5.41) is 3.55. The van der Waals surface area contributed by atoms with Crippen LogP contribution in [0.5, 0.6) is 0 Å². The van der Waals surface area contributed by atoms with Crippen LogP contribution in [0.1, 0.15) is 65.2 Å². The summed E-state index contributed by atoms with van der Waals surface area (Å²) in [5.74, 6) is 0. The van der Waals surface area contributed by atoms with Crippen molar-refractivity contribution in [3.8, 4) is 0 Å². The minimum absolute atomic E-state index is 0.769. The molecule has 0 aromatic heterocycles. The Bertz CT molecular complexity index is 223. The highest BCUT2D eigenvalue weighted by Gasteiger charge is 2.37. The van der Waals surface area contributed by atoms with Crippen molar-refractivity contribution in [2.75, 3.05) is 26.2 Å². The lowest BCUT2D eigenvalue weighted by molar-refractivity contribution is 0.0720. The number of rotatable bonds is 6. The molecule has 106 valence electrons. The number of nitrogens with one attached hydrogen (secondary N) is 1. The predicted octanol–water partition coefficient (Wildman–Crippen LogP) is 3.42. The van der Waals surface area contributed by atoms with E-state index in [2.05, 4.69) is 24.1 Å². The Morgan fingerprint density at radius 3 is 2.28 bits per heavy atom. The second-order valence-corrected chi connectivity index (χ2v) is 6.49. The third-order valence-electron chi connectivity index (χ3n) is 5.29. The van der Waals surface area contributed by atoms with E-state index in [0.717, 1.165) is 18.0 Å². The summed E-state index contributed by atoms with van der Waals surface area (Å²) >= 11 is 0. The second kappa shape index (κ2) is 6.91. The zero-order chi connectivity index (χ0) is 12.8. The standard InChI is InChI=1S/C16H32N2/c1-3-7-15(14-17-4-2)18-12-10-16(11-13-18)8-5-6-9-16/h15,17H,3-14H2,1-2H3. The Labute approximate surface area is 114 Å². The first-order valence-corrected chi connectivity index (χ1v) is 8.24. The van der Waals surface area contributed by atoms with Crippen LogP contribution < -0.4 is 5.32 Å². The van der Waals surface area contributed by atoms with Gasteiger partial charge in [0.25, 0.3) is 0 Å². The number of likely N-dealkylation sites (N-methyl/N-ethyl adjacent to an activating group) is 1. The molecule has 2 fully saturated rings. The van der Waals surface area contributed by atoms with Crippen LogP contribution >= 0.6 is 0 Å². The Hall–Kier alpha value is -0.0800. The predicted molar refractivity (Wildman–Crippen MR) is 78.9 cm³/mol. The normalized spacial score (nSPS) is 25.7. The van der Waals surface area contributed by atoms with Gasteiger partial charge >= 0.3 is 0 Å². The molecule has 1 spiro atoms. The average Bonchev–Trinajstić information content (AvgIpc) is 2.84. The SMILES string of the molecule is CCCC(CNCC)N1CCC2(CCCC2)CC1. The fourth-order valence-electron chi connectivity index (χ4n) is 4.05. The molecule has 0 amide bonds. The van der Waals surface area contributed by atoms with Gasteiger partial charge in [0.2, 0.25) is 0 Å². The third-order valence-corrected chi connectivity index (χ3v) is 5.29. The van der Waals surface area contributed by atoms with Crippen LogP contribution in [0.15, 0.2) is 0 Å². The summed E-state index contributed by atoms with van der Waals surface area (Å²) < 4.78 is 0. The van der Waals surface area contributed by atoms with E-state index in [9.17, 15) is 0 Å². The topological polar surface area (TPSA) is 15.3 Å². The molecule has 0 bridgehead atoms. The molecule has 0 radical (unpaired) electrons. The maximum atomic E-state index is 3.55. The van der Waals surface area contributed by atoms with Gasteiger partial charge in [0.15, 0.2) is 0 Å². The number of hydrogen-bond acceptors (Lipinski definition) is 2. The van der Waals surface area contributed by atoms with Crippen molar-refractivity contribution in [2.45, 2.75) is 71.3 Å². The van der Waals surface area contributed by atoms with Crippen molar-refractivity contribution in [1.82, 2.24) is 10.2 Å². The van der Waals surface area contributed by atoms with Crippen LogP contribution in [0.4, 0.5) is 0 Å². The summed E-state index contributed by atoms with van der Waals surface area (Å²) in [7, 11) is 0. The van der Waals surface area contributed by atoms with Gasteiger partial charge in [-0.25, -0.2) is 0 Å². The molecule has 18 heavy (non-hydrogen) atoms. The number of likely N-dealkylation sites (tertiary alicyclic amines) is 1. The molecule has 1 aliphatic carbocycles. The van der Waals surface area contributed by atoms with Gasteiger partial charge in [0, 0.05) is 12.6 Å². The van der Waals surface area contributed by atoms with E-state index in [1.54, 1.807) is 0 Å². The van der Waals surface area contributed by atoms with Gasteiger partial charge in [-0.1, -0.05) is 33.1 Å². The quantitative estimate of drug-likeness (QED) is 0.779. The van der Waals surface area contributed by atoms with Crippen molar-refractivity contribution in [1.29, 1.82) is 0 Å². The summed E-state index contributed by atoms with van der Waals surface area (Å²) in [4.78, 5) is 2.77. The van der Waals surface area contributed by atoms with Crippen LogP contribution in [-0.4, -0.2) is 37.1 Å². The molecular formula is C16H32N2. The van der Waals surface area contributed by atoms with Gasteiger partial charge < -0.3 is 5.32 Å². The molecule has 2 rings (SSSR count). The van der Waals surface area contributed by atoms with Crippen LogP contribution in [0.3, 0.4) is 0 Å². The van der Waals surface area contributed by atoms with Crippen molar-refractivity contribution in [3.05, 3.63) is 0 Å². The van der Waals surface area contributed by atoms with E-state index in [1.807, 2.05) is 0 Å². The Kier molecular flexibility index (Phi) is 5.50. The molecule has 1 saturated heterocycles. The van der Waals surface area contributed by atoms with Gasteiger partial charge in [0.1, 0.15) is 0 Å². The molecular weight excluding hydrogens is 220 g/mol. The Balaban J connectivity index is 1.81. The van der Waals surface area contributed by atoms with E-state index in [-0.39, 0.29) is 0 Å². The van der Waals surface area contributed by atoms with Crippen molar-refractivity contribution >= 4 is 0 Å². The first kappa shape index (κ1) is 14.3. The highest BCUT2D eigenvalue weighted by Crippen LogP contribution is 2.46. The lowest BCUT2D eigenvalue weighted by atomic mass is 9.76. The van der Waals surface area contributed by atoms with E-state index in [1.165, 1.54) is 71.0 Å². The molecule has 0 aromatic rings. The minimum atomic E-state index is 0.769. The fourth-order valence-corrected chi connectivity index (χ4v) is 4.05. The minimum Gasteiger partial charge on any atom is -0.315 e. The Morgan fingerprint density at radius 1 is 1.06 bits per heavy atom. The maximum absolute atomic E-state index is 3.55. The summed E-state index contributed by atoms with van der Waals surface area (Å²) in [6, 6.07) is 0.786. The molecule has 2 aliphatic rings. The first-order valence-electron chi connectivity index (χ1n) is 8.24.